The lowest BCUT2D eigenvalue weighted by Gasteiger charge is -2.18. The number of carboxylic acid groups (broad SMARTS) is 1. The fourth-order valence-electron chi connectivity index (χ4n) is 1.40. The summed E-state index contributed by atoms with van der Waals surface area (Å²) in [5, 5.41) is 11.4. The van der Waals surface area contributed by atoms with Crippen LogP contribution in [0.1, 0.15) is 33.6 Å². The molecule has 1 aliphatic carbocycles. The quantitative estimate of drug-likeness (QED) is 0.706. The maximum absolute atomic E-state index is 11.7. The van der Waals surface area contributed by atoms with Gasteiger partial charge in [0.15, 0.2) is 0 Å². The molecule has 17 heavy (non-hydrogen) atoms. The largest absolute Gasteiger partial charge is 0.480 e. The van der Waals surface area contributed by atoms with Crippen molar-refractivity contribution in [1.82, 2.24) is 5.32 Å². The van der Waals surface area contributed by atoms with Crippen LogP contribution in [0.25, 0.3) is 0 Å². The molecule has 1 rings (SSSR count). The molecule has 1 atom stereocenters. The predicted octanol–water partition coefficient (Wildman–Crippen LogP) is 0.515. The summed E-state index contributed by atoms with van der Waals surface area (Å²) in [5.74, 6) is -1.16. The van der Waals surface area contributed by atoms with E-state index >= 15 is 0 Å². The van der Waals surface area contributed by atoms with E-state index in [1.807, 2.05) is 20.8 Å². The van der Waals surface area contributed by atoms with Crippen molar-refractivity contribution in [2.45, 2.75) is 38.4 Å². The Morgan fingerprint density at radius 3 is 2.24 bits per heavy atom. The van der Waals surface area contributed by atoms with Gasteiger partial charge in [0.05, 0.1) is 0 Å². The standard InChI is InChI=1S/C11H19NO4S/c1-10(2,3)17(16)7-6-12-8(13)11(4-5-11)9(14)15/h4-7H2,1-3H3,(H,12,13)(H,14,15). The second-order valence-corrected chi connectivity index (χ2v) is 7.63. The lowest BCUT2D eigenvalue weighted by Crippen LogP contribution is -2.39. The third-order valence-electron chi connectivity index (χ3n) is 2.85. The molecular weight excluding hydrogens is 242 g/mol. The van der Waals surface area contributed by atoms with Gasteiger partial charge in [-0.1, -0.05) is 0 Å². The summed E-state index contributed by atoms with van der Waals surface area (Å²) in [7, 11) is -1.03. The van der Waals surface area contributed by atoms with Crippen molar-refractivity contribution in [3.05, 3.63) is 0 Å². The predicted molar refractivity (Wildman–Crippen MR) is 65.1 cm³/mol. The Bertz CT molecular complexity index is 355. The number of hydrogen-bond acceptors (Lipinski definition) is 3. The highest BCUT2D eigenvalue weighted by molar-refractivity contribution is 7.86. The molecule has 1 amide bonds. The molecule has 1 unspecified atom stereocenters. The van der Waals surface area contributed by atoms with E-state index in [1.54, 1.807) is 0 Å². The highest BCUT2D eigenvalue weighted by atomic mass is 32.2. The molecule has 6 heteroatoms. The first kappa shape index (κ1) is 14.2. The average molecular weight is 261 g/mol. The van der Waals surface area contributed by atoms with Crippen LogP contribution >= 0.6 is 0 Å². The van der Waals surface area contributed by atoms with Crippen LogP contribution in [0.15, 0.2) is 0 Å². The van der Waals surface area contributed by atoms with Crippen molar-refractivity contribution in [3.8, 4) is 0 Å². The van der Waals surface area contributed by atoms with Crippen LogP contribution in [-0.4, -0.2) is 38.2 Å². The molecule has 0 spiro atoms. The van der Waals surface area contributed by atoms with E-state index in [-0.39, 0.29) is 11.3 Å². The first-order chi connectivity index (χ1) is 7.70. The van der Waals surface area contributed by atoms with Crippen LogP contribution in [0, 0.1) is 5.41 Å². The van der Waals surface area contributed by atoms with Gasteiger partial charge in [-0.25, -0.2) is 0 Å². The van der Waals surface area contributed by atoms with E-state index in [0.29, 0.717) is 18.6 Å². The van der Waals surface area contributed by atoms with E-state index in [2.05, 4.69) is 5.32 Å². The Morgan fingerprint density at radius 1 is 1.35 bits per heavy atom. The zero-order valence-corrected chi connectivity index (χ0v) is 11.2. The topological polar surface area (TPSA) is 83.5 Å². The molecule has 0 heterocycles. The Hall–Kier alpha value is -0.910. The van der Waals surface area contributed by atoms with Gasteiger partial charge in [0.1, 0.15) is 5.41 Å². The Morgan fingerprint density at radius 2 is 1.88 bits per heavy atom. The molecule has 98 valence electrons. The van der Waals surface area contributed by atoms with Gasteiger partial charge in [0.25, 0.3) is 0 Å². The zero-order valence-electron chi connectivity index (χ0n) is 10.4. The fourth-order valence-corrected chi connectivity index (χ4v) is 2.30. The summed E-state index contributed by atoms with van der Waals surface area (Å²) < 4.78 is 11.4. The molecule has 0 saturated heterocycles. The summed E-state index contributed by atoms with van der Waals surface area (Å²) >= 11 is 0. The number of nitrogens with one attached hydrogen (secondary N) is 1. The first-order valence-electron chi connectivity index (χ1n) is 5.60. The van der Waals surface area contributed by atoms with Crippen molar-refractivity contribution in [3.63, 3.8) is 0 Å². The van der Waals surface area contributed by atoms with Crippen LogP contribution in [-0.2, 0) is 20.4 Å². The summed E-state index contributed by atoms with van der Waals surface area (Å²) in [4.78, 5) is 22.5. The smallest absolute Gasteiger partial charge is 0.319 e. The molecule has 0 aromatic carbocycles. The summed E-state index contributed by atoms with van der Waals surface area (Å²) in [6, 6.07) is 0. The Labute approximate surface area is 103 Å². The minimum atomic E-state index is -1.21. The highest BCUT2D eigenvalue weighted by Gasteiger charge is 2.56. The summed E-state index contributed by atoms with van der Waals surface area (Å²) in [6.45, 7) is 5.86. The number of amides is 1. The Balaban J connectivity index is 2.36. The van der Waals surface area contributed by atoms with E-state index in [9.17, 15) is 13.8 Å². The van der Waals surface area contributed by atoms with Crippen LogP contribution in [0.2, 0.25) is 0 Å². The maximum atomic E-state index is 11.7. The number of carbonyl (C=O) groups excluding carboxylic acids is 1. The van der Waals surface area contributed by atoms with E-state index in [1.165, 1.54) is 0 Å². The van der Waals surface area contributed by atoms with Gasteiger partial charge < -0.3 is 10.4 Å². The van der Waals surface area contributed by atoms with Gasteiger partial charge in [0.2, 0.25) is 5.91 Å². The second-order valence-electron chi connectivity index (χ2n) is 5.31. The van der Waals surface area contributed by atoms with E-state index in [0.717, 1.165) is 0 Å². The lowest BCUT2D eigenvalue weighted by atomic mass is 10.1. The summed E-state index contributed by atoms with van der Waals surface area (Å²) in [5.41, 5.74) is -1.21. The Kier molecular flexibility index (Phi) is 3.96. The molecule has 0 bridgehead atoms. The van der Waals surface area contributed by atoms with Crippen LogP contribution in [0.3, 0.4) is 0 Å². The normalized spacial score (nSPS) is 19.5. The molecular formula is C11H19NO4S. The first-order valence-corrected chi connectivity index (χ1v) is 6.92. The van der Waals surface area contributed by atoms with Gasteiger partial charge in [-0.3, -0.25) is 13.8 Å². The van der Waals surface area contributed by atoms with Gasteiger partial charge >= 0.3 is 5.97 Å². The number of rotatable bonds is 5. The third-order valence-corrected chi connectivity index (χ3v) is 4.79. The summed E-state index contributed by atoms with van der Waals surface area (Å²) in [6.07, 6.45) is 0.799. The third kappa shape index (κ3) is 3.28. The van der Waals surface area contributed by atoms with Crippen LogP contribution in [0.5, 0.6) is 0 Å². The monoisotopic (exact) mass is 261 g/mol. The van der Waals surface area contributed by atoms with Crippen molar-refractivity contribution < 1.29 is 18.9 Å². The van der Waals surface area contributed by atoms with Crippen molar-refractivity contribution in [2.75, 3.05) is 12.3 Å². The minimum Gasteiger partial charge on any atom is -0.480 e. The molecule has 1 aliphatic rings. The van der Waals surface area contributed by atoms with E-state index < -0.39 is 28.1 Å². The van der Waals surface area contributed by atoms with Crippen molar-refractivity contribution in [1.29, 1.82) is 0 Å². The number of aliphatic carboxylic acids is 1. The molecule has 0 aliphatic heterocycles. The number of hydrogen-bond donors (Lipinski definition) is 2. The van der Waals surface area contributed by atoms with Crippen molar-refractivity contribution in [2.24, 2.45) is 5.41 Å². The highest BCUT2D eigenvalue weighted by Crippen LogP contribution is 2.45. The fraction of sp³-hybridized carbons (Fsp3) is 0.818. The maximum Gasteiger partial charge on any atom is 0.319 e. The van der Waals surface area contributed by atoms with Gasteiger partial charge in [-0.15, -0.1) is 0 Å². The van der Waals surface area contributed by atoms with Crippen LogP contribution in [0.4, 0.5) is 0 Å². The zero-order chi connectivity index (χ0) is 13.3. The number of carboxylic acids is 1. The molecule has 0 aromatic heterocycles. The van der Waals surface area contributed by atoms with Gasteiger partial charge in [-0.05, 0) is 33.6 Å². The number of carbonyl (C=O) groups is 2. The van der Waals surface area contributed by atoms with Gasteiger partial charge in [0, 0.05) is 27.8 Å². The van der Waals surface area contributed by atoms with E-state index in [4.69, 9.17) is 5.11 Å². The van der Waals surface area contributed by atoms with Gasteiger partial charge in [-0.2, -0.15) is 0 Å². The second kappa shape index (κ2) is 4.76. The SMILES string of the molecule is CC(C)(C)S(=O)CCNC(=O)C1(C(=O)O)CC1. The molecule has 0 radical (unpaired) electrons. The van der Waals surface area contributed by atoms with Crippen molar-refractivity contribution >= 4 is 22.7 Å². The van der Waals surface area contributed by atoms with Crippen LogP contribution < -0.4 is 5.32 Å². The minimum absolute atomic E-state index is 0.262. The molecule has 0 aromatic rings. The molecule has 2 N–H and O–H groups in total. The molecule has 1 fully saturated rings. The molecule has 1 saturated carbocycles. The molecule has 5 nitrogen and oxygen atoms in total. The average Bonchev–Trinajstić information content (AvgIpc) is 2.96. The lowest BCUT2D eigenvalue weighted by molar-refractivity contribution is -0.148.